The third kappa shape index (κ3) is 3.01. The lowest BCUT2D eigenvalue weighted by Crippen LogP contribution is -1.73. The SMILES string of the molecule is Cc1n[nH]c(C)c1C.c1ccncc1. The van der Waals surface area contributed by atoms with E-state index < -0.39 is 0 Å². The number of aryl methyl sites for hydroxylation is 2. The van der Waals surface area contributed by atoms with E-state index in [0.29, 0.717) is 0 Å². The molecule has 0 bridgehead atoms. The predicted molar refractivity (Wildman–Crippen MR) is 57.0 cm³/mol. The summed E-state index contributed by atoms with van der Waals surface area (Å²) < 4.78 is 0. The van der Waals surface area contributed by atoms with Crippen molar-refractivity contribution < 1.29 is 0 Å². The lowest BCUT2D eigenvalue weighted by atomic mass is 10.2. The highest BCUT2D eigenvalue weighted by atomic mass is 15.1. The van der Waals surface area contributed by atoms with Crippen LogP contribution in [0, 0.1) is 20.8 Å². The third-order valence-electron chi connectivity index (χ3n) is 2.06. The number of nitrogens with zero attached hydrogens (tertiary/aromatic N) is 2. The Bertz CT molecular complexity index is 319. The molecular weight excluding hydrogens is 174 g/mol. The Morgan fingerprint density at radius 2 is 1.64 bits per heavy atom. The van der Waals surface area contributed by atoms with Crippen molar-refractivity contribution in [3.8, 4) is 0 Å². The van der Waals surface area contributed by atoms with Crippen LogP contribution in [0.15, 0.2) is 30.6 Å². The number of hydrogen-bond acceptors (Lipinski definition) is 2. The number of hydrogen-bond donors (Lipinski definition) is 1. The van der Waals surface area contributed by atoms with Gasteiger partial charge < -0.3 is 0 Å². The van der Waals surface area contributed by atoms with E-state index in [-0.39, 0.29) is 0 Å². The molecule has 14 heavy (non-hydrogen) atoms. The molecule has 0 amide bonds. The highest BCUT2D eigenvalue weighted by molar-refractivity contribution is 5.20. The van der Waals surface area contributed by atoms with Gasteiger partial charge in [0.05, 0.1) is 5.69 Å². The molecule has 2 heterocycles. The second kappa shape index (κ2) is 5.17. The first-order chi connectivity index (χ1) is 6.72. The zero-order valence-corrected chi connectivity index (χ0v) is 8.78. The van der Waals surface area contributed by atoms with Crippen molar-refractivity contribution in [1.29, 1.82) is 0 Å². The quantitative estimate of drug-likeness (QED) is 0.691. The molecule has 0 radical (unpaired) electrons. The Hall–Kier alpha value is -1.64. The lowest BCUT2D eigenvalue weighted by molar-refractivity contribution is 1.02. The predicted octanol–water partition coefficient (Wildman–Crippen LogP) is 2.42. The normalized spacial score (nSPS) is 9.07. The van der Waals surface area contributed by atoms with Gasteiger partial charge >= 0.3 is 0 Å². The first kappa shape index (κ1) is 10.4. The molecule has 0 aliphatic heterocycles. The molecule has 0 atom stereocenters. The highest BCUT2D eigenvalue weighted by Crippen LogP contribution is 2.04. The molecule has 0 spiro atoms. The second-order valence-corrected chi connectivity index (χ2v) is 3.08. The number of H-pyrrole nitrogens is 1. The molecule has 0 aliphatic rings. The number of rotatable bonds is 0. The summed E-state index contributed by atoms with van der Waals surface area (Å²) in [5.41, 5.74) is 3.54. The van der Waals surface area contributed by atoms with E-state index in [9.17, 15) is 0 Å². The maximum atomic E-state index is 3.99. The van der Waals surface area contributed by atoms with Gasteiger partial charge in [0.15, 0.2) is 0 Å². The first-order valence-corrected chi connectivity index (χ1v) is 4.55. The smallest absolute Gasteiger partial charge is 0.0623 e. The summed E-state index contributed by atoms with van der Waals surface area (Å²) in [5.74, 6) is 0. The van der Waals surface area contributed by atoms with Gasteiger partial charge in [-0.05, 0) is 38.5 Å². The fourth-order valence-corrected chi connectivity index (χ4v) is 0.919. The van der Waals surface area contributed by atoms with Crippen LogP contribution in [0.4, 0.5) is 0 Å². The Labute approximate surface area is 84.2 Å². The van der Waals surface area contributed by atoms with Crippen LogP contribution >= 0.6 is 0 Å². The van der Waals surface area contributed by atoms with E-state index in [1.807, 2.05) is 32.0 Å². The fraction of sp³-hybridized carbons (Fsp3) is 0.273. The lowest BCUT2D eigenvalue weighted by Gasteiger charge is -1.83. The fourth-order valence-electron chi connectivity index (χ4n) is 0.919. The molecule has 1 N–H and O–H groups in total. The molecule has 2 rings (SSSR count). The summed E-state index contributed by atoms with van der Waals surface area (Å²) >= 11 is 0. The standard InChI is InChI=1S/C6H10N2.C5H5N/c1-4-5(2)7-8-6(4)3;1-2-4-6-5-3-1/h1-3H3,(H,7,8);1-5H. The molecule has 74 valence electrons. The average Bonchev–Trinajstić information content (AvgIpc) is 2.53. The van der Waals surface area contributed by atoms with E-state index >= 15 is 0 Å². The second-order valence-electron chi connectivity index (χ2n) is 3.08. The van der Waals surface area contributed by atoms with Crippen molar-refractivity contribution in [3.63, 3.8) is 0 Å². The van der Waals surface area contributed by atoms with E-state index in [2.05, 4.69) is 22.1 Å². The van der Waals surface area contributed by atoms with Crippen molar-refractivity contribution in [2.24, 2.45) is 0 Å². The number of aromatic amines is 1. The maximum Gasteiger partial charge on any atom is 0.0623 e. The third-order valence-corrected chi connectivity index (χ3v) is 2.06. The molecule has 3 heteroatoms. The summed E-state index contributed by atoms with van der Waals surface area (Å²) in [4.78, 5) is 3.78. The van der Waals surface area contributed by atoms with Gasteiger partial charge in [-0.25, -0.2) is 0 Å². The molecule has 2 aromatic rings. The van der Waals surface area contributed by atoms with Crippen LogP contribution in [0.2, 0.25) is 0 Å². The first-order valence-electron chi connectivity index (χ1n) is 4.55. The summed E-state index contributed by atoms with van der Waals surface area (Å²) in [6, 6.07) is 5.72. The van der Waals surface area contributed by atoms with Crippen LogP contribution in [0.5, 0.6) is 0 Å². The Kier molecular flexibility index (Phi) is 3.85. The van der Waals surface area contributed by atoms with E-state index in [1.165, 1.54) is 11.3 Å². The summed E-state index contributed by atoms with van der Waals surface area (Å²) in [7, 11) is 0. The molecule has 0 aliphatic carbocycles. The summed E-state index contributed by atoms with van der Waals surface area (Å²) in [5, 5.41) is 6.88. The van der Waals surface area contributed by atoms with Gasteiger partial charge in [0.25, 0.3) is 0 Å². The molecule has 0 unspecified atom stereocenters. The zero-order chi connectivity index (χ0) is 10.4. The van der Waals surface area contributed by atoms with Gasteiger partial charge in [-0.1, -0.05) is 6.07 Å². The number of aromatic nitrogens is 3. The van der Waals surface area contributed by atoms with Gasteiger partial charge in [-0.2, -0.15) is 5.10 Å². The van der Waals surface area contributed by atoms with Crippen molar-refractivity contribution >= 4 is 0 Å². The summed E-state index contributed by atoms with van der Waals surface area (Å²) in [6.07, 6.45) is 3.50. The van der Waals surface area contributed by atoms with E-state index in [4.69, 9.17) is 0 Å². The molecule has 0 saturated carbocycles. The van der Waals surface area contributed by atoms with Crippen molar-refractivity contribution in [2.45, 2.75) is 20.8 Å². The topological polar surface area (TPSA) is 41.6 Å². The minimum Gasteiger partial charge on any atom is -0.282 e. The minimum absolute atomic E-state index is 1.10. The van der Waals surface area contributed by atoms with E-state index in [0.717, 1.165) is 5.69 Å². The van der Waals surface area contributed by atoms with Crippen LogP contribution < -0.4 is 0 Å². The van der Waals surface area contributed by atoms with Crippen molar-refractivity contribution in [3.05, 3.63) is 47.5 Å². The average molecular weight is 189 g/mol. The minimum atomic E-state index is 1.10. The Morgan fingerprint density at radius 3 is 1.79 bits per heavy atom. The van der Waals surface area contributed by atoms with Crippen LogP contribution in [-0.2, 0) is 0 Å². The van der Waals surface area contributed by atoms with Gasteiger partial charge in [-0.15, -0.1) is 0 Å². The highest BCUT2D eigenvalue weighted by Gasteiger charge is 1.96. The van der Waals surface area contributed by atoms with Gasteiger partial charge in [0.2, 0.25) is 0 Å². The maximum absolute atomic E-state index is 3.99. The van der Waals surface area contributed by atoms with Gasteiger partial charge in [-0.3, -0.25) is 10.1 Å². The Balaban J connectivity index is 0.000000146. The number of pyridine rings is 1. The van der Waals surface area contributed by atoms with E-state index in [1.54, 1.807) is 12.4 Å². The molecule has 0 aromatic carbocycles. The molecule has 3 nitrogen and oxygen atoms in total. The molecule has 0 fully saturated rings. The Morgan fingerprint density at radius 1 is 1.00 bits per heavy atom. The molecule has 2 aromatic heterocycles. The van der Waals surface area contributed by atoms with Crippen LogP contribution in [0.25, 0.3) is 0 Å². The van der Waals surface area contributed by atoms with Crippen LogP contribution in [0.3, 0.4) is 0 Å². The van der Waals surface area contributed by atoms with Gasteiger partial charge in [0, 0.05) is 18.1 Å². The largest absolute Gasteiger partial charge is 0.282 e. The van der Waals surface area contributed by atoms with Crippen LogP contribution in [-0.4, -0.2) is 15.2 Å². The molecular formula is C11H15N3. The monoisotopic (exact) mass is 189 g/mol. The number of nitrogens with one attached hydrogen (secondary N) is 1. The zero-order valence-electron chi connectivity index (χ0n) is 8.78. The van der Waals surface area contributed by atoms with Crippen molar-refractivity contribution in [2.75, 3.05) is 0 Å². The van der Waals surface area contributed by atoms with Gasteiger partial charge in [0.1, 0.15) is 0 Å². The molecule has 0 saturated heterocycles. The summed E-state index contributed by atoms with van der Waals surface area (Å²) in [6.45, 7) is 6.09. The van der Waals surface area contributed by atoms with Crippen LogP contribution in [0.1, 0.15) is 17.0 Å². The van der Waals surface area contributed by atoms with Crippen molar-refractivity contribution in [1.82, 2.24) is 15.2 Å².